The standard InChI is InChI=1S/C20H16N2O2/c1-13-3-5-14(6-4-13)19-21-22-20(24-19)17-8-7-16-12-18(23-2)10-9-15(16)11-17/h3-12H,1-2H3. The Hall–Kier alpha value is -3.14. The van der Waals surface area contributed by atoms with Crippen LogP contribution < -0.4 is 4.74 Å². The summed E-state index contributed by atoms with van der Waals surface area (Å²) in [6.07, 6.45) is 0. The smallest absolute Gasteiger partial charge is 0.248 e. The first-order valence-electron chi connectivity index (χ1n) is 7.72. The number of hydrogen-bond acceptors (Lipinski definition) is 4. The topological polar surface area (TPSA) is 48.2 Å². The number of methoxy groups -OCH3 is 1. The summed E-state index contributed by atoms with van der Waals surface area (Å²) in [6.45, 7) is 2.05. The minimum atomic E-state index is 0.517. The molecule has 4 rings (SSSR count). The van der Waals surface area contributed by atoms with Crippen molar-refractivity contribution in [2.45, 2.75) is 6.92 Å². The molecule has 0 aliphatic carbocycles. The van der Waals surface area contributed by atoms with Gasteiger partial charge in [0.25, 0.3) is 0 Å². The summed E-state index contributed by atoms with van der Waals surface area (Å²) >= 11 is 0. The van der Waals surface area contributed by atoms with E-state index in [0.717, 1.165) is 27.6 Å². The molecular weight excluding hydrogens is 300 g/mol. The fourth-order valence-corrected chi connectivity index (χ4v) is 2.64. The first-order chi connectivity index (χ1) is 11.7. The molecule has 3 aromatic carbocycles. The largest absolute Gasteiger partial charge is 0.497 e. The molecule has 0 fully saturated rings. The van der Waals surface area contributed by atoms with E-state index in [1.54, 1.807) is 7.11 Å². The van der Waals surface area contributed by atoms with Gasteiger partial charge >= 0.3 is 0 Å². The van der Waals surface area contributed by atoms with Crippen LogP contribution >= 0.6 is 0 Å². The lowest BCUT2D eigenvalue weighted by Gasteiger charge is -2.03. The summed E-state index contributed by atoms with van der Waals surface area (Å²) in [5.41, 5.74) is 3.02. The molecule has 0 atom stereocenters. The monoisotopic (exact) mass is 316 g/mol. The lowest BCUT2D eigenvalue weighted by atomic mass is 10.1. The van der Waals surface area contributed by atoms with Crippen LogP contribution in [0.3, 0.4) is 0 Å². The minimum Gasteiger partial charge on any atom is -0.497 e. The highest BCUT2D eigenvalue weighted by molar-refractivity contribution is 5.87. The quantitative estimate of drug-likeness (QED) is 0.541. The highest BCUT2D eigenvalue weighted by atomic mass is 16.5. The van der Waals surface area contributed by atoms with Crippen molar-refractivity contribution in [3.05, 3.63) is 66.2 Å². The molecule has 0 saturated carbocycles. The third-order valence-corrected chi connectivity index (χ3v) is 4.02. The lowest BCUT2D eigenvalue weighted by Crippen LogP contribution is -1.83. The third-order valence-electron chi connectivity index (χ3n) is 4.02. The zero-order valence-electron chi connectivity index (χ0n) is 13.5. The highest BCUT2D eigenvalue weighted by Gasteiger charge is 2.11. The summed E-state index contributed by atoms with van der Waals surface area (Å²) in [5.74, 6) is 1.89. The van der Waals surface area contributed by atoms with Crippen molar-refractivity contribution in [1.29, 1.82) is 0 Å². The maximum Gasteiger partial charge on any atom is 0.248 e. The zero-order chi connectivity index (χ0) is 16.5. The van der Waals surface area contributed by atoms with Crippen molar-refractivity contribution in [2.75, 3.05) is 7.11 Å². The molecule has 0 bridgehead atoms. The number of nitrogens with zero attached hydrogens (tertiary/aromatic N) is 2. The van der Waals surface area contributed by atoms with Crippen LogP contribution in [0.4, 0.5) is 0 Å². The third kappa shape index (κ3) is 2.63. The van der Waals surface area contributed by atoms with E-state index in [0.29, 0.717) is 11.8 Å². The summed E-state index contributed by atoms with van der Waals surface area (Å²) in [5, 5.41) is 10.6. The summed E-state index contributed by atoms with van der Waals surface area (Å²) in [7, 11) is 1.67. The van der Waals surface area contributed by atoms with Crippen LogP contribution in [-0.2, 0) is 0 Å². The molecule has 4 nitrogen and oxygen atoms in total. The lowest BCUT2D eigenvalue weighted by molar-refractivity contribution is 0.415. The Balaban J connectivity index is 1.71. The van der Waals surface area contributed by atoms with Crippen LogP contribution in [-0.4, -0.2) is 17.3 Å². The van der Waals surface area contributed by atoms with Gasteiger partial charge in [0.05, 0.1) is 7.11 Å². The van der Waals surface area contributed by atoms with Gasteiger partial charge in [-0.1, -0.05) is 29.8 Å². The van der Waals surface area contributed by atoms with Gasteiger partial charge in [-0.05, 0) is 54.1 Å². The van der Waals surface area contributed by atoms with Crippen molar-refractivity contribution < 1.29 is 9.15 Å². The predicted octanol–water partition coefficient (Wildman–Crippen LogP) is 4.87. The van der Waals surface area contributed by atoms with E-state index in [1.807, 2.05) is 67.6 Å². The molecule has 0 aliphatic rings. The average Bonchev–Trinajstić information content (AvgIpc) is 3.11. The zero-order valence-corrected chi connectivity index (χ0v) is 13.5. The van der Waals surface area contributed by atoms with Crippen LogP contribution in [0.1, 0.15) is 5.56 Å². The maximum atomic E-state index is 5.84. The van der Waals surface area contributed by atoms with Crippen LogP contribution in [0.25, 0.3) is 33.7 Å². The molecule has 0 spiro atoms. The van der Waals surface area contributed by atoms with Crippen LogP contribution in [0.2, 0.25) is 0 Å². The molecule has 0 N–H and O–H groups in total. The average molecular weight is 316 g/mol. The van der Waals surface area contributed by atoms with E-state index in [4.69, 9.17) is 9.15 Å². The van der Waals surface area contributed by atoms with Crippen molar-refractivity contribution in [3.8, 4) is 28.7 Å². The Morgan fingerprint density at radius 1 is 0.750 bits per heavy atom. The number of hydrogen-bond donors (Lipinski definition) is 0. The van der Waals surface area contributed by atoms with E-state index < -0.39 is 0 Å². The molecule has 1 aromatic heterocycles. The van der Waals surface area contributed by atoms with E-state index in [9.17, 15) is 0 Å². The molecule has 1 heterocycles. The minimum absolute atomic E-state index is 0.517. The van der Waals surface area contributed by atoms with Gasteiger partial charge in [0.2, 0.25) is 11.8 Å². The fraction of sp³-hybridized carbons (Fsp3) is 0.100. The van der Waals surface area contributed by atoms with E-state index in [-0.39, 0.29) is 0 Å². The van der Waals surface area contributed by atoms with Gasteiger partial charge in [-0.2, -0.15) is 0 Å². The second-order valence-electron chi connectivity index (χ2n) is 5.71. The van der Waals surface area contributed by atoms with Crippen LogP contribution in [0.5, 0.6) is 5.75 Å². The fourth-order valence-electron chi connectivity index (χ4n) is 2.64. The number of fused-ring (bicyclic) bond motifs is 1. The SMILES string of the molecule is COc1ccc2cc(-c3nnc(-c4ccc(C)cc4)o3)ccc2c1. The predicted molar refractivity (Wildman–Crippen MR) is 94.0 cm³/mol. The molecule has 0 unspecified atom stereocenters. The molecule has 24 heavy (non-hydrogen) atoms. The number of benzene rings is 3. The normalized spacial score (nSPS) is 10.9. The Morgan fingerprint density at radius 2 is 1.38 bits per heavy atom. The van der Waals surface area contributed by atoms with Crippen molar-refractivity contribution >= 4 is 10.8 Å². The maximum absolute atomic E-state index is 5.84. The first kappa shape index (κ1) is 14.5. The molecule has 4 aromatic rings. The van der Waals surface area contributed by atoms with Crippen molar-refractivity contribution in [1.82, 2.24) is 10.2 Å². The van der Waals surface area contributed by atoms with Gasteiger partial charge in [0.15, 0.2) is 0 Å². The van der Waals surface area contributed by atoms with E-state index >= 15 is 0 Å². The molecule has 118 valence electrons. The Labute approximate surface area is 139 Å². The molecule has 0 amide bonds. The molecule has 0 aliphatic heterocycles. The van der Waals surface area contributed by atoms with Crippen molar-refractivity contribution in [2.24, 2.45) is 0 Å². The molecular formula is C20H16N2O2. The second-order valence-corrected chi connectivity index (χ2v) is 5.71. The van der Waals surface area contributed by atoms with Gasteiger partial charge in [0, 0.05) is 11.1 Å². The Morgan fingerprint density at radius 3 is 2.12 bits per heavy atom. The second kappa shape index (κ2) is 5.81. The molecule has 4 heteroatoms. The number of rotatable bonds is 3. The van der Waals surface area contributed by atoms with Gasteiger partial charge in [-0.15, -0.1) is 10.2 Å². The summed E-state index contributed by atoms with van der Waals surface area (Å²) in [6, 6.07) is 20.1. The van der Waals surface area contributed by atoms with Crippen molar-refractivity contribution in [3.63, 3.8) is 0 Å². The number of aromatic nitrogens is 2. The van der Waals surface area contributed by atoms with Gasteiger partial charge < -0.3 is 9.15 Å². The van der Waals surface area contributed by atoms with Crippen LogP contribution in [0.15, 0.2) is 65.1 Å². The van der Waals surface area contributed by atoms with E-state index in [2.05, 4.69) is 10.2 Å². The summed E-state index contributed by atoms with van der Waals surface area (Å²) < 4.78 is 11.1. The van der Waals surface area contributed by atoms with Gasteiger partial charge in [-0.3, -0.25) is 0 Å². The molecule has 0 radical (unpaired) electrons. The summed E-state index contributed by atoms with van der Waals surface area (Å²) in [4.78, 5) is 0. The van der Waals surface area contributed by atoms with Gasteiger partial charge in [0.1, 0.15) is 5.75 Å². The van der Waals surface area contributed by atoms with Gasteiger partial charge in [-0.25, -0.2) is 0 Å². The Kier molecular flexibility index (Phi) is 3.50. The van der Waals surface area contributed by atoms with E-state index in [1.165, 1.54) is 5.56 Å². The first-order valence-corrected chi connectivity index (χ1v) is 7.72. The highest BCUT2D eigenvalue weighted by Crippen LogP contribution is 2.28. The van der Waals surface area contributed by atoms with Crippen LogP contribution in [0, 0.1) is 6.92 Å². The Bertz CT molecular complexity index is 1000. The molecule has 0 saturated heterocycles. The number of aryl methyl sites for hydroxylation is 1. The number of ether oxygens (including phenoxy) is 1.